The van der Waals surface area contributed by atoms with Crippen LogP contribution in [0.5, 0.6) is 11.5 Å². The summed E-state index contributed by atoms with van der Waals surface area (Å²) in [5.74, 6) is 1.45. The summed E-state index contributed by atoms with van der Waals surface area (Å²) in [7, 11) is 1.67. The van der Waals surface area contributed by atoms with E-state index in [1.807, 2.05) is 25.1 Å². The van der Waals surface area contributed by atoms with Crippen LogP contribution in [0.15, 0.2) is 18.2 Å². The molecule has 2 N–H and O–H groups in total. The third-order valence-corrected chi connectivity index (χ3v) is 3.44. The summed E-state index contributed by atoms with van der Waals surface area (Å²) >= 11 is 0. The van der Waals surface area contributed by atoms with Crippen molar-refractivity contribution in [1.82, 2.24) is 5.32 Å². The Hall–Kier alpha value is -1.30. The maximum atomic E-state index is 10.5. The summed E-state index contributed by atoms with van der Waals surface area (Å²) in [6.07, 6.45) is 0.256. The topological polar surface area (TPSA) is 60.0 Å². The van der Waals surface area contributed by atoms with Gasteiger partial charge in [-0.2, -0.15) is 0 Å². The average Bonchev–Trinajstić information content (AvgIpc) is 2.50. The molecule has 0 saturated heterocycles. The zero-order chi connectivity index (χ0) is 14.4. The highest BCUT2D eigenvalue weighted by Crippen LogP contribution is 2.33. The van der Waals surface area contributed by atoms with Gasteiger partial charge in [-0.05, 0) is 24.1 Å². The first-order chi connectivity index (χ1) is 9.76. The molecule has 1 aromatic carbocycles. The number of methoxy groups -OCH3 is 1. The normalized spacial score (nSPS) is 16.8. The average molecular weight is 281 g/mol. The largest absolute Gasteiger partial charge is 0.486 e. The summed E-state index contributed by atoms with van der Waals surface area (Å²) in [5.41, 5.74) is 0.839. The first kappa shape index (κ1) is 15.1. The van der Waals surface area contributed by atoms with Gasteiger partial charge in [0.05, 0.1) is 12.7 Å². The molecule has 1 aliphatic rings. The van der Waals surface area contributed by atoms with E-state index in [0.29, 0.717) is 25.6 Å². The molecule has 0 fully saturated rings. The van der Waals surface area contributed by atoms with Gasteiger partial charge in [0.2, 0.25) is 0 Å². The van der Waals surface area contributed by atoms with E-state index in [1.165, 1.54) is 0 Å². The van der Waals surface area contributed by atoms with Crippen LogP contribution in [0.3, 0.4) is 0 Å². The molecule has 2 rings (SSSR count). The zero-order valence-electron chi connectivity index (χ0n) is 12.1. The van der Waals surface area contributed by atoms with Gasteiger partial charge in [0, 0.05) is 19.7 Å². The Bertz CT molecular complexity index is 424. The number of aliphatic hydroxyl groups is 1. The number of benzene rings is 1. The van der Waals surface area contributed by atoms with E-state index in [1.54, 1.807) is 7.11 Å². The smallest absolute Gasteiger partial charge is 0.161 e. The van der Waals surface area contributed by atoms with E-state index in [-0.39, 0.29) is 6.04 Å². The van der Waals surface area contributed by atoms with E-state index >= 15 is 0 Å². The van der Waals surface area contributed by atoms with Gasteiger partial charge in [0.25, 0.3) is 0 Å². The Morgan fingerprint density at radius 1 is 1.30 bits per heavy atom. The quantitative estimate of drug-likeness (QED) is 0.742. The summed E-state index contributed by atoms with van der Waals surface area (Å²) in [4.78, 5) is 0. The number of nitrogens with one attached hydrogen (secondary N) is 1. The summed E-state index contributed by atoms with van der Waals surface area (Å²) < 4.78 is 16.1. The highest BCUT2D eigenvalue weighted by Gasteiger charge is 2.21. The minimum absolute atomic E-state index is 0.00675. The molecule has 2 atom stereocenters. The van der Waals surface area contributed by atoms with Gasteiger partial charge in [-0.25, -0.2) is 0 Å². The second-order valence-corrected chi connectivity index (χ2v) is 4.81. The van der Waals surface area contributed by atoms with E-state index < -0.39 is 6.10 Å². The number of rotatable bonds is 7. The van der Waals surface area contributed by atoms with Crippen molar-refractivity contribution >= 4 is 0 Å². The maximum Gasteiger partial charge on any atom is 0.161 e. The van der Waals surface area contributed by atoms with E-state index in [4.69, 9.17) is 14.2 Å². The summed E-state index contributed by atoms with van der Waals surface area (Å²) in [6.45, 7) is 4.52. The van der Waals surface area contributed by atoms with E-state index in [2.05, 4.69) is 5.32 Å². The van der Waals surface area contributed by atoms with Crippen molar-refractivity contribution in [3.8, 4) is 11.5 Å². The Morgan fingerprint density at radius 2 is 2.05 bits per heavy atom. The zero-order valence-corrected chi connectivity index (χ0v) is 12.1. The molecule has 112 valence electrons. The molecule has 0 amide bonds. The number of hydrogen-bond acceptors (Lipinski definition) is 5. The Balaban J connectivity index is 2.04. The van der Waals surface area contributed by atoms with Gasteiger partial charge >= 0.3 is 0 Å². The fourth-order valence-electron chi connectivity index (χ4n) is 2.30. The number of aliphatic hydroxyl groups excluding tert-OH is 1. The SMILES string of the molecule is CCC(NCCOC)C(O)c1ccc2c(c1)OCCO2. The molecule has 0 spiro atoms. The fourth-order valence-corrected chi connectivity index (χ4v) is 2.30. The van der Waals surface area contributed by atoms with Crippen LogP contribution >= 0.6 is 0 Å². The molecule has 1 aromatic rings. The summed E-state index contributed by atoms with van der Waals surface area (Å²) in [6, 6.07) is 5.60. The number of hydrogen-bond donors (Lipinski definition) is 2. The van der Waals surface area contributed by atoms with Crippen molar-refractivity contribution in [2.75, 3.05) is 33.5 Å². The van der Waals surface area contributed by atoms with Gasteiger partial charge in [-0.3, -0.25) is 0 Å². The molecular weight excluding hydrogens is 258 g/mol. The first-order valence-corrected chi connectivity index (χ1v) is 7.06. The maximum absolute atomic E-state index is 10.5. The van der Waals surface area contributed by atoms with Gasteiger partial charge in [-0.15, -0.1) is 0 Å². The Kier molecular flexibility index (Phi) is 5.64. The molecule has 0 radical (unpaired) electrons. The van der Waals surface area contributed by atoms with Crippen LogP contribution < -0.4 is 14.8 Å². The predicted octanol–water partition coefficient (Wildman–Crippen LogP) is 1.51. The lowest BCUT2D eigenvalue weighted by molar-refractivity contribution is 0.116. The van der Waals surface area contributed by atoms with Gasteiger partial charge in [-0.1, -0.05) is 13.0 Å². The van der Waals surface area contributed by atoms with Crippen molar-refractivity contribution in [2.45, 2.75) is 25.5 Å². The van der Waals surface area contributed by atoms with Crippen LogP contribution in [0, 0.1) is 0 Å². The van der Waals surface area contributed by atoms with Crippen molar-refractivity contribution in [1.29, 1.82) is 0 Å². The van der Waals surface area contributed by atoms with Crippen molar-refractivity contribution in [3.05, 3.63) is 23.8 Å². The number of ether oxygens (including phenoxy) is 3. The molecule has 2 unspecified atom stereocenters. The van der Waals surface area contributed by atoms with Crippen LogP contribution in [0.4, 0.5) is 0 Å². The molecule has 0 saturated carbocycles. The molecule has 5 nitrogen and oxygen atoms in total. The molecule has 0 aromatic heterocycles. The molecule has 0 aliphatic carbocycles. The lowest BCUT2D eigenvalue weighted by Crippen LogP contribution is -2.36. The molecule has 0 bridgehead atoms. The van der Waals surface area contributed by atoms with Gasteiger partial charge < -0.3 is 24.6 Å². The van der Waals surface area contributed by atoms with Crippen molar-refractivity contribution in [2.24, 2.45) is 0 Å². The Morgan fingerprint density at radius 3 is 2.75 bits per heavy atom. The minimum Gasteiger partial charge on any atom is -0.486 e. The molecule has 1 heterocycles. The van der Waals surface area contributed by atoms with Gasteiger partial charge in [0.1, 0.15) is 13.2 Å². The van der Waals surface area contributed by atoms with Crippen molar-refractivity contribution < 1.29 is 19.3 Å². The van der Waals surface area contributed by atoms with Gasteiger partial charge in [0.15, 0.2) is 11.5 Å². The standard InChI is InChI=1S/C15H23NO4/c1-3-12(16-6-7-18-2)15(17)11-4-5-13-14(10-11)20-9-8-19-13/h4-5,10,12,15-17H,3,6-9H2,1-2H3. The van der Waals surface area contributed by atoms with Crippen LogP contribution in [0.2, 0.25) is 0 Å². The fraction of sp³-hybridized carbons (Fsp3) is 0.600. The highest BCUT2D eigenvalue weighted by molar-refractivity contribution is 5.44. The van der Waals surface area contributed by atoms with Crippen molar-refractivity contribution in [3.63, 3.8) is 0 Å². The third kappa shape index (κ3) is 3.62. The van der Waals surface area contributed by atoms with E-state index in [9.17, 15) is 5.11 Å². The third-order valence-electron chi connectivity index (χ3n) is 3.44. The monoisotopic (exact) mass is 281 g/mol. The van der Waals surface area contributed by atoms with Crippen LogP contribution in [0.25, 0.3) is 0 Å². The lowest BCUT2D eigenvalue weighted by atomic mass is 9.99. The number of fused-ring (bicyclic) bond motifs is 1. The second-order valence-electron chi connectivity index (χ2n) is 4.81. The molecular formula is C15H23NO4. The van der Waals surface area contributed by atoms with Crippen LogP contribution in [-0.2, 0) is 4.74 Å². The van der Waals surface area contributed by atoms with Crippen LogP contribution in [-0.4, -0.2) is 44.6 Å². The second kappa shape index (κ2) is 7.47. The van der Waals surface area contributed by atoms with Crippen LogP contribution in [0.1, 0.15) is 25.0 Å². The molecule has 1 aliphatic heterocycles. The molecule has 20 heavy (non-hydrogen) atoms. The molecule has 5 heteroatoms. The summed E-state index contributed by atoms with van der Waals surface area (Å²) in [5, 5.41) is 13.8. The van der Waals surface area contributed by atoms with E-state index in [0.717, 1.165) is 24.3 Å². The lowest BCUT2D eigenvalue weighted by Gasteiger charge is -2.25. The first-order valence-electron chi connectivity index (χ1n) is 7.06. The minimum atomic E-state index is -0.576. The Labute approximate surface area is 119 Å². The predicted molar refractivity (Wildman–Crippen MR) is 76.3 cm³/mol. The highest BCUT2D eigenvalue weighted by atomic mass is 16.6.